The quantitative estimate of drug-likeness (QED) is 0.884. The summed E-state index contributed by atoms with van der Waals surface area (Å²) >= 11 is 0. The van der Waals surface area contributed by atoms with Gasteiger partial charge in [0, 0.05) is 31.2 Å². The van der Waals surface area contributed by atoms with Crippen LogP contribution in [0.4, 0.5) is 0 Å². The molecule has 1 aromatic rings. The Bertz CT molecular complexity index is 364. The van der Waals surface area contributed by atoms with E-state index >= 15 is 0 Å². The number of furan rings is 1. The summed E-state index contributed by atoms with van der Waals surface area (Å²) in [7, 11) is 2.22. The smallest absolute Gasteiger partial charge is 0.121 e. The fourth-order valence-electron chi connectivity index (χ4n) is 2.79. The molecule has 1 aliphatic rings. The van der Waals surface area contributed by atoms with Gasteiger partial charge in [0.25, 0.3) is 0 Å². The Morgan fingerprint density at radius 3 is 3.00 bits per heavy atom. The van der Waals surface area contributed by atoms with Crippen LogP contribution in [0.5, 0.6) is 0 Å². The normalized spacial score (nSPS) is 23.2. The van der Waals surface area contributed by atoms with E-state index in [1.165, 1.54) is 24.9 Å². The van der Waals surface area contributed by atoms with Gasteiger partial charge in [-0.3, -0.25) is 4.90 Å². The SMILES string of the molecule is CCC1CN(C)CCCN1Cc1ccoc1CN. The number of nitrogens with two attached hydrogens (primary N) is 1. The van der Waals surface area contributed by atoms with Gasteiger partial charge in [-0.1, -0.05) is 6.92 Å². The lowest BCUT2D eigenvalue weighted by atomic mass is 10.1. The first-order chi connectivity index (χ1) is 8.74. The van der Waals surface area contributed by atoms with Crippen LogP contribution < -0.4 is 5.73 Å². The van der Waals surface area contributed by atoms with E-state index in [1.807, 2.05) is 0 Å². The molecule has 2 rings (SSSR count). The molecule has 0 amide bonds. The molecule has 4 heteroatoms. The van der Waals surface area contributed by atoms with Gasteiger partial charge in [-0.05, 0) is 32.5 Å². The summed E-state index contributed by atoms with van der Waals surface area (Å²) in [5.41, 5.74) is 6.95. The molecular weight excluding hydrogens is 226 g/mol. The van der Waals surface area contributed by atoms with Crippen LogP contribution in [0.25, 0.3) is 0 Å². The topological polar surface area (TPSA) is 45.6 Å². The minimum absolute atomic E-state index is 0.493. The minimum atomic E-state index is 0.493. The van der Waals surface area contributed by atoms with Crippen molar-refractivity contribution in [3.05, 3.63) is 23.7 Å². The van der Waals surface area contributed by atoms with E-state index in [-0.39, 0.29) is 0 Å². The fourth-order valence-corrected chi connectivity index (χ4v) is 2.79. The summed E-state index contributed by atoms with van der Waals surface area (Å²) in [4.78, 5) is 5.01. The Morgan fingerprint density at radius 1 is 1.44 bits per heavy atom. The molecule has 1 aliphatic heterocycles. The average molecular weight is 251 g/mol. The molecule has 2 N–H and O–H groups in total. The van der Waals surface area contributed by atoms with Crippen molar-refractivity contribution in [2.45, 2.75) is 38.9 Å². The van der Waals surface area contributed by atoms with Crippen LogP contribution in [-0.4, -0.2) is 42.5 Å². The molecule has 0 radical (unpaired) electrons. The maximum atomic E-state index is 5.70. The maximum absolute atomic E-state index is 5.70. The van der Waals surface area contributed by atoms with Crippen molar-refractivity contribution in [2.24, 2.45) is 5.73 Å². The van der Waals surface area contributed by atoms with E-state index in [4.69, 9.17) is 10.2 Å². The minimum Gasteiger partial charge on any atom is -0.468 e. The Kier molecular flexibility index (Phi) is 4.80. The summed E-state index contributed by atoms with van der Waals surface area (Å²) < 4.78 is 5.41. The van der Waals surface area contributed by atoms with E-state index in [1.54, 1.807) is 6.26 Å². The molecule has 1 fully saturated rings. The molecule has 1 atom stereocenters. The predicted molar refractivity (Wildman–Crippen MR) is 73.2 cm³/mol. The third-order valence-electron chi connectivity index (χ3n) is 3.89. The van der Waals surface area contributed by atoms with Crippen molar-refractivity contribution < 1.29 is 4.42 Å². The van der Waals surface area contributed by atoms with E-state index < -0.39 is 0 Å². The van der Waals surface area contributed by atoms with Gasteiger partial charge in [-0.2, -0.15) is 0 Å². The van der Waals surface area contributed by atoms with Gasteiger partial charge in [0.2, 0.25) is 0 Å². The van der Waals surface area contributed by atoms with E-state index in [9.17, 15) is 0 Å². The highest BCUT2D eigenvalue weighted by molar-refractivity contribution is 5.16. The zero-order chi connectivity index (χ0) is 13.0. The first-order valence-electron chi connectivity index (χ1n) is 6.92. The third kappa shape index (κ3) is 3.13. The van der Waals surface area contributed by atoms with E-state index in [0.29, 0.717) is 12.6 Å². The number of hydrogen-bond acceptors (Lipinski definition) is 4. The second-order valence-corrected chi connectivity index (χ2v) is 5.22. The van der Waals surface area contributed by atoms with Crippen LogP contribution in [-0.2, 0) is 13.1 Å². The molecule has 0 aliphatic carbocycles. The van der Waals surface area contributed by atoms with Crippen molar-refractivity contribution in [3.8, 4) is 0 Å². The van der Waals surface area contributed by atoms with Crippen LogP contribution >= 0.6 is 0 Å². The Hall–Kier alpha value is -0.840. The number of likely N-dealkylation sites (N-methyl/N-ethyl adjacent to an activating group) is 1. The van der Waals surface area contributed by atoms with Crippen molar-refractivity contribution in [1.82, 2.24) is 9.80 Å². The second kappa shape index (κ2) is 6.36. The van der Waals surface area contributed by atoms with Crippen molar-refractivity contribution in [2.75, 3.05) is 26.7 Å². The maximum Gasteiger partial charge on any atom is 0.121 e. The molecule has 1 aromatic heterocycles. The van der Waals surface area contributed by atoms with E-state index in [0.717, 1.165) is 25.4 Å². The van der Waals surface area contributed by atoms with Crippen LogP contribution in [0.3, 0.4) is 0 Å². The first-order valence-corrected chi connectivity index (χ1v) is 6.92. The highest BCUT2D eigenvalue weighted by Crippen LogP contribution is 2.18. The van der Waals surface area contributed by atoms with Crippen molar-refractivity contribution >= 4 is 0 Å². The number of rotatable bonds is 4. The highest BCUT2D eigenvalue weighted by atomic mass is 16.3. The molecule has 102 valence electrons. The van der Waals surface area contributed by atoms with Crippen LogP contribution in [0.15, 0.2) is 16.7 Å². The standard InChI is InChI=1S/C14H25N3O/c1-3-13-11-16(2)6-4-7-17(13)10-12-5-8-18-14(12)9-15/h5,8,13H,3-4,6-7,9-11,15H2,1-2H3. The van der Waals surface area contributed by atoms with Gasteiger partial charge >= 0.3 is 0 Å². The monoisotopic (exact) mass is 251 g/mol. The first kappa shape index (κ1) is 13.6. The van der Waals surface area contributed by atoms with Gasteiger partial charge in [0.15, 0.2) is 0 Å². The fraction of sp³-hybridized carbons (Fsp3) is 0.714. The van der Waals surface area contributed by atoms with Gasteiger partial charge in [0.1, 0.15) is 5.76 Å². The Labute approximate surface area is 110 Å². The number of nitrogens with zero attached hydrogens (tertiary/aromatic N) is 2. The Balaban J connectivity index is 2.06. The predicted octanol–water partition coefficient (Wildman–Crippen LogP) is 1.65. The van der Waals surface area contributed by atoms with Crippen LogP contribution in [0.1, 0.15) is 31.1 Å². The summed E-state index contributed by atoms with van der Waals surface area (Å²) in [6.45, 7) is 7.25. The molecule has 1 unspecified atom stereocenters. The van der Waals surface area contributed by atoms with Crippen LogP contribution in [0, 0.1) is 0 Å². The van der Waals surface area contributed by atoms with E-state index in [2.05, 4.69) is 29.8 Å². The summed E-state index contributed by atoms with van der Waals surface area (Å²) in [5.74, 6) is 0.933. The lowest BCUT2D eigenvalue weighted by Gasteiger charge is -2.30. The van der Waals surface area contributed by atoms with Crippen molar-refractivity contribution in [3.63, 3.8) is 0 Å². The summed E-state index contributed by atoms with van der Waals surface area (Å²) in [6.07, 6.45) is 4.19. The molecule has 1 saturated heterocycles. The molecule has 0 bridgehead atoms. The molecular formula is C14H25N3O. The molecule has 0 spiro atoms. The largest absolute Gasteiger partial charge is 0.468 e. The van der Waals surface area contributed by atoms with Crippen LogP contribution in [0.2, 0.25) is 0 Å². The number of hydrogen-bond donors (Lipinski definition) is 1. The lowest BCUT2D eigenvalue weighted by molar-refractivity contribution is 0.175. The van der Waals surface area contributed by atoms with Gasteiger partial charge in [-0.25, -0.2) is 0 Å². The molecule has 18 heavy (non-hydrogen) atoms. The molecule has 4 nitrogen and oxygen atoms in total. The highest BCUT2D eigenvalue weighted by Gasteiger charge is 2.22. The zero-order valence-corrected chi connectivity index (χ0v) is 11.6. The summed E-state index contributed by atoms with van der Waals surface area (Å²) in [6, 6.07) is 2.70. The summed E-state index contributed by atoms with van der Waals surface area (Å²) in [5, 5.41) is 0. The third-order valence-corrected chi connectivity index (χ3v) is 3.89. The van der Waals surface area contributed by atoms with Gasteiger partial charge < -0.3 is 15.1 Å². The van der Waals surface area contributed by atoms with Gasteiger partial charge in [-0.15, -0.1) is 0 Å². The zero-order valence-electron chi connectivity index (χ0n) is 11.6. The molecule has 0 aromatic carbocycles. The Morgan fingerprint density at radius 2 is 2.28 bits per heavy atom. The average Bonchev–Trinajstić information content (AvgIpc) is 2.74. The molecule has 2 heterocycles. The van der Waals surface area contributed by atoms with Gasteiger partial charge in [0.05, 0.1) is 12.8 Å². The lowest BCUT2D eigenvalue weighted by Crippen LogP contribution is -2.39. The molecule has 0 saturated carbocycles. The van der Waals surface area contributed by atoms with Crippen molar-refractivity contribution in [1.29, 1.82) is 0 Å². The second-order valence-electron chi connectivity index (χ2n) is 5.22.